The van der Waals surface area contributed by atoms with Crippen molar-refractivity contribution in [2.24, 2.45) is 5.73 Å². The molecule has 6 nitrogen and oxygen atoms in total. The van der Waals surface area contributed by atoms with Crippen molar-refractivity contribution in [2.75, 3.05) is 19.7 Å². The van der Waals surface area contributed by atoms with Gasteiger partial charge in [-0.3, -0.25) is 9.59 Å². The Morgan fingerprint density at radius 3 is 2.40 bits per heavy atom. The number of ether oxygens (including phenoxy) is 1. The number of nitrogens with one attached hydrogen (secondary N) is 1. The van der Waals surface area contributed by atoms with Gasteiger partial charge in [-0.05, 0) is 43.0 Å². The lowest BCUT2D eigenvalue weighted by molar-refractivity contribution is -0.132. The van der Waals surface area contributed by atoms with Gasteiger partial charge in [-0.1, -0.05) is 37.3 Å². The summed E-state index contributed by atoms with van der Waals surface area (Å²) in [6, 6.07) is 14.6. The summed E-state index contributed by atoms with van der Waals surface area (Å²) in [4.78, 5) is 26.8. The molecule has 2 amide bonds. The zero-order valence-electron chi connectivity index (χ0n) is 17.3. The molecule has 0 spiro atoms. The Bertz CT molecular complexity index is 836. The van der Waals surface area contributed by atoms with Crippen molar-refractivity contribution in [3.63, 3.8) is 0 Å². The van der Waals surface area contributed by atoms with Crippen LogP contribution in [0.4, 0.5) is 0 Å². The Morgan fingerprint density at radius 1 is 1.10 bits per heavy atom. The molecule has 0 aliphatic carbocycles. The third-order valence-corrected chi connectivity index (χ3v) is 5.27. The Kier molecular flexibility index (Phi) is 9.15. The number of benzene rings is 2. The summed E-state index contributed by atoms with van der Waals surface area (Å²) >= 11 is 0. The number of hydrogen-bond acceptors (Lipinski definition) is 4. The van der Waals surface area contributed by atoms with E-state index in [0.717, 1.165) is 37.1 Å². The van der Waals surface area contributed by atoms with Gasteiger partial charge in [-0.15, -0.1) is 12.4 Å². The highest BCUT2D eigenvalue weighted by atomic mass is 35.5. The highest BCUT2D eigenvalue weighted by Gasteiger charge is 2.21. The maximum Gasteiger partial charge on any atom is 0.260 e. The number of para-hydroxylation sites is 1. The summed E-state index contributed by atoms with van der Waals surface area (Å²) < 4.78 is 5.86. The Hall–Kier alpha value is -2.57. The second kappa shape index (κ2) is 11.6. The summed E-state index contributed by atoms with van der Waals surface area (Å²) in [7, 11) is 0. The normalized spacial score (nSPS) is 14.0. The molecule has 0 radical (unpaired) electrons. The zero-order valence-corrected chi connectivity index (χ0v) is 18.1. The molecule has 3 N–H and O–H groups in total. The van der Waals surface area contributed by atoms with Crippen LogP contribution in [0.5, 0.6) is 5.75 Å². The molecule has 2 aromatic carbocycles. The van der Waals surface area contributed by atoms with Crippen LogP contribution < -0.4 is 15.8 Å². The molecule has 162 valence electrons. The van der Waals surface area contributed by atoms with E-state index >= 15 is 0 Å². The maximum absolute atomic E-state index is 12.7. The summed E-state index contributed by atoms with van der Waals surface area (Å²) in [5.41, 5.74) is 8.06. The summed E-state index contributed by atoms with van der Waals surface area (Å²) in [6.45, 7) is 4.08. The standard InChI is InChI=1S/C23H29N3O3.ClH/c1-2-20(25-23(28)18-11-9-17(15-24)10-12-18)19-7-3-4-8-21(19)29-16-22(27)26-13-5-6-14-26;/h3-4,7-12,20H,2,5-6,13-16,24H2,1H3,(H,25,28);1H. The van der Waals surface area contributed by atoms with Gasteiger partial charge in [-0.2, -0.15) is 0 Å². The quantitative estimate of drug-likeness (QED) is 0.670. The Morgan fingerprint density at radius 2 is 1.77 bits per heavy atom. The van der Waals surface area contributed by atoms with E-state index in [1.54, 1.807) is 12.1 Å². The van der Waals surface area contributed by atoms with Gasteiger partial charge < -0.3 is 20.7 Å². The molecule has 1 atom stereocenters. The van der Waals surface area contributed by atoms with Crippen molar-refractivity contribution in [3.8, 4) is 5.75 Å². The van der Waals surface area contributed by atoms with E-state index in [4.69, 9.17) is 10.5 Å². The van der Waals surface area contributed by atoms with E-state index in [1.165, 1.54) is 0 Å². The van der Waals surface area contributed by atoms with E-state index in [1.807, 2.05) is 48.2 Å². The highest BCUT2D eigenvalue weighted by molar-refractivity contribution is 5.94. The van der Waals surface area contributed by atoms with Crippen LogP contribution in [0.15, 0.2) is 48.5 Å². The minimum Gasteiger partial charge on any atom is -0.483 e. The minimum atomic E-state index is -0.213. The molecule has 1 fully saturated rings. The summed E-state index contributed by atoms with van der Waals surface area (Å²) in [6.07, 6.45) is 2.81. The smallest absolute Gasteiger partial charge is 0.260 e. The number of nitrogens with two attached hydrogens (primary N) is 1. The Labute approximate surface area is 184 Å². The molecule has 1 unspecified atom stereocenters. The summed E-state index contributed by atoms with van der Waals surface area (Å²) in [5, 5.41) is 3.07. The number of rotatable bonds is 8. The SMILES string of the molecule is CCC(NC(=O)c1ccc(CN)cc1)c1ccccc1OCC(=O)N1CCCC1.Cl. The van der Waals surface area contributed by atoms with Gasteiger partial charge in [0.2, 0.25) is 0 Å². The first-order valence-corrected chi connectivity index (χ1v) is 10.2. The molecule has 3 rings (SSSR count). The van der Waals surface area contributed by atoms with Crippen LogP contribution in [0.3, 0.4) is 0 Å². The number of amides is 2. The second-order valence-electron chi connectivity index (χ2n) is 7.25. The van der Waals surface area contributed by atoms with Crippen LogP contribution in [-0.2, 0) is 11.3 Å². The fraction of sp³-hybridized carbons (Fsp3) is 0.391. The number of hydrogen-bond donors (Lipinski definition) is 2. The molecule has 2 aromatic rings. The molecule has 0 saturated carbocycles. The first-order chi connectivity index (χ1) is 14.1. The topological polar surface area (TPSA) is 84.7 Å². The van der Waals surface area contributed by atoms with Crippen LogP contribution in [0.25, 0.3) is 0 Å². The number of nitrogens with zero attached hydrogens (tertiary/aromatic N) is 1. The lowest BCUT2D eigenvalue weighted by atomic mass is 10.0. The molecule has 0 aromatic heterocycles. The first-order valence-electron chi connectivity index (χ1n) is 10.2. The molecule has 0 bridgehead atoms. The van der Waals surface area contributed by atoms with Crippen LogP contribution >= 0.6 is 12.4 Å². The van der Waals surface area contributed by atoms with Gasteiger partial charge in [-0.25, -0.2) is 0 Å². The van der Waals surface area contributed by atoms with Gasteiger partial charge in [0.15, 0.2) is 6.61 Å². The predicted octanol–water partition coefficient (Wildman–Crippen LogP) is 3.45. The van der Waals surface area contributed by atoms with E-state index in [2.05, 4.69) is 5.32 Å². The molecule has 1 heterocycles. The predicted molar refractivity (Wildman–Crippen MR) is 120 cm³/mol. The average molecular weight is 432 g/mol. The van der Waals surface area contributed by atoms with Crippen LogP contribution in [0.2, 0.25) is 0 Å². The van der Waals surface area contributed by atoms with Crippen LogP contribution in [-0.4, -0.2) is 36.4 Å². The Balaban J connectivity index is 0.00000320. The number of carbonyl (C=O) groups is 2. The van der Waals surface area contributed by atoms with Gasteiger partial charge in [0.25, 0.3) is 11.8 Å². The minimum absolute atomic E-state index is 0. The fourth-order valence-electron chi connectivity index (χ4n) is 3.53. The van der Waals surface area contributed by atoms with Crippen molar-refractivity contribution in [1.82, 2.24) is 10.2 Å². The largest absolute Gasteiger partial charge is 0.483 e. The van der Waals surface area contributed by atoms with E-state index in [0.29, 0.717) is 24.3 Å². The van der Waals surface area contributed by atoms with Gasteiger partial charge in [0, 0.05) is 30.8 Å². The average Bonchev–Trinajstić information content (AvgIpc) is 3.31. The number of likely N-dealkylation sites (tertiary alicyclic amines) is 1. The molecule has 1 saturated heterocycles. The van der Waals surface area contributed by atoms with Crippen molar-refractivity contribution in [1.29, 1.82) is 0 Å². The van der Waals surface area contributed by atoms with E-state index in [-0.39, 0.29) is 36.9 Å². The summed E-state index contributed by atoms with van der Waals surface area (Å²) in [5.74, 6) is 0.489. The van der Waals surface area contributed by atoms with Gasteiger partial charge >= 0.3 is 0 Å². The molecule has 1 aliphatic rings. The van der Waals surface area contributed by atoms with Crippen LogP contribution in [0.1, 0.15) is 53.7 Å². The lowest BCUT2D eigenvalue weighted by Gasteiger charge is -2.22. The van der Waals surface area contributed by atoms with Crippen molar-refractivity contribution < 1.29 is 14.3 Å². The monoisotopic (exact) mass is 431 g/mol. The van der Waals surface area contributed by atoms with Crippen molar-refractivity contribution in [2.45, 2.75) is 38.8 Å². The lowest BCUT2D eigenvalue weighted by Crippen LogP contribution is -2.32. The maximum atomic E-state index is 12.7. The zero-order chi connectivity index (χ0) is 20.6. The first kappa shape index (κ1) is 23.7. The van der Waals surface area contributed by atoms with Crippen LogP contribution in [0, 0.1) is 0 Å². The van der Waals surface area contributed by atoms with Crippen molar-refractivity contribution in [3.05, 3.63) is 65.2 Å². The highest BCUT2D eigenvalue weighted by Crippen LogP contribution is 2.27. The molecular formula is C23H30ClN3O3. The van der Waals surface area contributed by atoms with E-state index in [9.17, 15) is 9.59 Å². The van der Waals surface area contributed by atoms with Crippen molar-refractivity contribution >= 4 is 24.2 Å². The second-order valence-corrected chi connectivity index (χ2v) is 7.25. The molecular weight excluding hydrogens is 402 g/mol. The number of halogens is 1. The van der Waals surface area contributed by atoms with Gasteiger partial charge in [0.1, 0.15) is 5.75 Å². The fourth-order valence-corrected chi connectivity index (χ4v) is 3.53. The van der Waals surface area contributed by atoms with E-state index < -0.39 is 0 Å². The molecule has 1 aliphatic heterocycles. The third kappa shape index (κ3) is 5.97. The molecule has 7 heteroatoms. The number of carbonyl (C=O) groups excluding carboxylic acids is 2. The van der Waals surface area contributed by atoms with Gasteiger partial charge in [0.05, 0.1) is 6.04 Å². The third-order valence-electron chi connectivity index (χ3n) is 5.27. The molecule has 30 heavy (non-hydrogen) atoms.